The Bertz CT molecular complexity index is 687. The zero-order chi connectivity index (χ0) is 16.1. The number of nitrogens with zero attached hydrogens (tertiary/aromatic N) is 1. The number of halogens is 1. The van der Waals surface area contributed by atoms with E-state index in [1.165, 1.54) is 31.2 Å². The summed E-state index contributed by atoms with van der Waals surface area (Å²) in [5.41, 5.74) is 1.93. The summed E-state index contributed by atoms with van der Waals surface area (Å²) >= 11 is 3.45. The Hall–Kier alpha value is -1.79. The molecule has 118 valence electrons. The first-order chi connectivity index (χ1) is 11.3. The molecule has 2 aromatic rings. The van der Waals surface area contributed by atoms with Crippen LogP contribution in [-0.2, 0) is 0 Å². The maximum atomic E-state index is 9.26. The Kier molecular flexibility index (Phi) is 5.35. The van der Waals surface area contributed by atoms with E-state index in [1.54, 1.807) is 6.07 Å². The topological polar surface area (TPSA) is 33.0 Å². The van der Waals surface area contributed by atoms with Gasteiger partial charge >= 0.3 is 0 Å². The molecule has 1 unspecified atom stereocenters. The molecular formula is C20H20BrNO. The molecule has 0 bridgehead atoms. The van der Waals surface area contributed by atoms with Crippen molar-refractivity contribution in [3.63, 3.8) is 0 Å². The van der Waals surface area contributed by atoms with Crippen LogP contribution in [0.3, 0.4) is 0 Å². The first-order valence-electron chi connectivity index (χ1n) is 8.15. The van der Waals surface area contributed by atoms with Crippen molar-refractivity contribution in [3.05, 3.63) is 64.1 Å². The summed E-state index contributed by atoms with van der Waals surface area (Å²) in [6.45, 7) is 0.625. The standard InChI is InChI=1S/C20H20BrNO/c21-18-11-10-17(13-22)20(12-18)23-14-19(16-8-4-5-9-16)15-6-2-1-3-7-15/h1-3,6-7,10-12,16,19H,4-5,8-9,14H2. The van der Waals surface area contributed by atoms with Crippen LogP contribution in [0.5, 0.6) is 5.75 Å². The minimum absolute atomic E-state index is 0.393. The predicted molar refractivity (Wildman–Crippen MR) is 95.5 cm³/mol. The Morgan fingerprint density at radius 3 is 2.57 bits per heavy atom. The minimum atomic E-state index is 0.393. The van der Waals surface area contributed by atoms with E-state index in [4.69, 9.17) is 4.74 Å². The average Bonchev–Trinajstić information content (AvgIpc) is 3.10. The van der Waals surface area contributed by atoms with Gasteiger partial charge in [0.2, 0.25) is 0 Å². The molecule has 0 heterocycles. The van der Waals surface area contributed by atoms with E-state index in [9.17, 15) is 5.26 Å². The lowest BCUT2D eigenvalue weighted by molar-refractivity contribution is 0.245. The fraction of sp³-hybridized carbons (Fsp3) is 0.350. The Balaban J connectivity index is 1.80. The second kappa shape index (κ2) is 7.66. The van der Waals surface area contributed by atoms with Crippen LogP contribution >= 0.6 is 15.9 Å². The van der Waals surface area contributed by atoms with Gasteiger partial charge in [-0.3, -0.25) is 0 Å². The van der Waals surface area contributed by atoms with Gasteiger partial charge in [-0.2, -0.15) is 5.26 Å². The quantitative estimate of drug-likeness (QED) is 0.679. The molecule has 0 saturated heterocycles. The third-order valence-electron chi connectivity index (χ3n) is 4.68. The van der Waals surface area contributed by atoms with E-state index in [1.807, 2.05) is 12.1 Å². The minimum Gasteiger partial charge on any atom is -0.492 e. The molecule has 23 heavy (non-hydrogen) atoms. The summed E-state index contributed by atoms with van der Waals surface area (Å²) in [7, 11) is 0. The van der Waals surface area contributed by atoms with Gasteiger partial charge in [0.25, 0.3) is 0 Å². The van der Waals surface area contributed by atoms with Crippen LogP contribution in [0.4, 0.5) is 0 Å². The van der Waals surface area contributed by atoms with Crippen LogP contribution in [0, 0.1) is 17.2 Å². The van der Waals surface area contributed by atoms with E-state index < -0.39 is 0 Å². The van der Waals surface area contributed by atoms with Gasteiger partial charge in [-0.25, -0.2) is 0 Å². The highest BCUT2D eigenvalue weighted by atomic mass is 79.9. The van der Waals surface area contributed by atoms with Crippen molar-refractivity contribution in [2.45, 2.75) is 31.6 Å². The van der Waals surface area contributed by atoms with E-state index in [-0.39, 0.29) is 0 Å². The van der Waals surface area contributed by atoms with Crippen molar-refractivity contribution in [2.24, 2.45) is 5.92 Å². The number of nitriles is 1. The zero-order valence-electron chi connectivity index (χ0n) is 13.0. The molecule has 0 spiro atoms. The number of ether oxygens (including phenoxy) is 1. The molecule has 1 saturated carbocycles. The lowest BCUT2D eigenvalue weighted by atomic mass is 9.85. The molecule has 1 atom stereocenters. The second-order valence-corrected chi connectivity index (χ2v) is 7.04. The van der Waals surface area contributed by atoms with Gasteiger partial charge in [-0.1, -0.05) is 59.1 Å². The molecule has 0 N–H and O–H groups in total. The zero-order valence-corrected chi connectivity index (χ0v) is 14.6. The van der Waals surface area contributed by atoms with E-state index >= 15 is 0 Å². The van der Waals surface area contributed by atoms with Crippen molar-refractivity contribution >= 4 is 15.9 Å². The van der Waals surface area contributed by atoms with Crippen molar-refractivity contribution in [1.29, 1.82) is 5.26 Å². The SMILES string of the molecule is N#Cc1ccc(Br)cc1OCC(c1ccccc1)C1CCCC1. The molecule has 1 aliphatic rings. The fourth-order valence-electron chi connectivity index (χ4n) is 3.45. The van der Waals surface area contributed by atoms with Crippen molar-refractivity contribution in [2.75, 3.05) is 6.61 Å². The highest BCUT2D eigenvalue weighted by molar-refractivity contribution is 9.10. The largest absolute Gasteiger partial charge is 0.492 e. The molecule has 1 fully saturated rings. The molecule has 2 nitrogen and oxygen atoms in total. The van der Waals surface area contributed by atoms with Crippen LogP contribution < -0.4 is 4.74 Å². The van der Waals surface area contributed by atoms with Crippen LogP contribution in [0.2, 0.25) is 0 Å². The summed E-state index contributed by atoms with van der Waals surface area (Å²) in [6.07, 6.45) is 5.17. The highest BCUT2D eigenvalue weighted by Crippen LogP contribution is 2.38. The normalized spacial score (nSPS) is 16.0. The summed E-state index contributed by atoms with van der Waals surface area (Å²) in [4.78, 5) is 0. The van der Waals surface area contributed by atoms with Gasteiger partial charge in [0.15, 0.2) is 0 Å². The molecule has 2 aromatic carbocycles. The van der Waals surface area contributed by atoms with Crippen molar-refractivity contribution in [3.8, 4) is 11.8 Å². The monoisotopic (exact) mass is 369 g/mol. The molecule has 3 rings (SSSR count). The number of hydrogen-bond donors (Lipinski definition) is 0. The van der Waals surface area contributed by atoms with E-state index in [0.29, 0.717) is 29.8 Å². The first kappa shape index (κ1) is 16.1. The van der Waals surface area contributed by atoms with Gasteiger partial charge in [0, 0.05) is 10.4 Å². The lowest BCUT2D eigenvalue weighted by Gasteiger charge is -2.24. The van der Waals surface area contributed by atoms with Crippen molar-refractivity contribution < 1.29 is 4.74 Å². The Morgan fingerprint density at radius 1 is 1.13 bits per heavy atom. The van der Waals surface area contributed by atoms with Crippen molar-refractivity contribution in [1.82, 2.24) is 0 Å². The third kappa shape index (κ3) is 3.95. The van der Waals surface area contributed by atoms with Crippen LogP contribution in [0.25, 0.3) is 0 Å². The third-order valence-corrected chi connectivity index (χ3v) is 5.17. The molecule has 1 aliphatic carbocycles. The van der Waals surface area contributed by atoms with Crippen LogP contribution in [0.15, 0.2) is 53.0 Å². The fourth-order valence-corrected chi connectivity index (χ4v) is 3.79. The molecule has 0 radical (unpaired) electrons. The maximum absolute atomic E-state index is 9.26. The number of benzene rings is 2. The Labute approximate surface area is 146 Å². The van der Waals surface area contributed by atoms with E-state index in [0.717, 1.165) is 4.47 Å². The van der Waals surface area contributed by atoms with Gasteiger partial charge < -0.3 is 4.74 Å². The van der Waals surface area contributed by atoms with Crippen LogP contribution in [-0.4, -0.2) is 6.61 Å². The van der Waals surface area contributed by atoms with Crippen LogP contribution in [0.1, 0.15) is 42.7 Å². The van der Waals surface area contributed by atoms with Gasteiger partial charge in [-0.05, 0) is 42.5 Å². The van der Waals surface area contributed by atoms with Gasteiger partial charge in [-0.15, -0.1) is 0 Å². The molecule has 0 amide bonds. The smallest absolute Gasteiger partial charge is 0.138 e. The first-order valence-corrected chi connectivity index (χ1v) is 8.94. The summed E-state index contributed by atoms with van der Waals surface area (Å²) in [6, 6.07) is 18.4. The predicted octanol–water partition coefficient (Wildman–Crippen LogP) is 5.67. The summed E-state index contributed by atoms with van der Waals surface area (Å²) in [5.74, 6) is 1.74. The number of rotatable bonds is 5. The summed E-state index contributed by atoms with van der Waals surface area (Å²) in [5, 5.41) is 9.26. The van der Waals surface area contributed by atoms with E-state index in [2.05, 4.69) is 52.3 Å². The second-order valence-electron chi connectivity index (χ2n) is 6.13. The van der Waals surface area contributed by atoms with Gasteiger partial charge in [0.05, 0.1) is 12.2 Å². The number of hydrogen-bond acceptors (Lipinski definition) is 2. The molecule has 0 aliphatic heterocycles. The average molecular weight is 370 g/mol. The highest BCUT2D eigenvalue weighted by Gasteiger charge is 2.27. The molecule has 0 aromatic heterocycles. The van der Waals surface area contributed by atoms with Gasteiger partial charge in [0.1, 0.15) is 11.8 Å². The summed E-state index contributed by atoms with van der Waals surface area (Å²) < 4.78 is 7.02. The molecule has 3 heteroatoms. The maximum Gasteiger partial charge on any atom is 0.138 e. The molecular weight excluding hydrogens is 350 g/mol. The lowest BCUT2D eigenvalue weighted by Crippen LogP contribution is -2.18. The Morgan fingerprint density at radius 2 is 1.87 bits per heavy atom.